The molecule has 0 fully saturated rings. The first-order valence-corrected chi connectivity index (χ1v) is 7.08. The highest BCUT2D eigenvalue weighted by atomic mass is 35.5. The molecular weight excluding hydrogens is 315 g/mol. The highest BCUT2D eigenvalue weighted by Crippen LogP contribution is 2.23. The van der Waals surface area contributed by atoms with E-state index in [9.17, 15) is 21.6 Å². The smallest absolute Gasteiger partial charge is 0.264 e. The molecular formula is C12H7ClF3NO2S. The molecule has 0 aliphatic heterocycles. The minimum Gasteiger partial charge on any atom is -0.279 e. The van der Waals surface area contributed by atoms with Crippen LogP contribution in [0, 0.1) is 17.5 Å². The summed E-state index contributed by atoms with van der Waals surface area (Å²) in [6.07, 6.45) is 0. The van der Waals surface area contributed by atoms with Gasteiger partial charge in [-0.1, -0.05) is 11.6 Å². The normalized spacial score (nSPS) is 11.4. The van der Waals surface area contributed by atoms with Gasteiger partial charge < -0.3 is 0 Å². The molecule has 2 aromatic rings. The lowest BCUT2D eigenvalue weighted by molar-refractivity contribution is 0.555. The Balaban J connectivity index is 2.40. The average Bonchev–Trinajstić information content (AvgIpc) is 2.36. The van der Waals surface area contributed by atoms with Crippen LogP contribution in [0.1, 0.15) is 0 Å². The number of hydrogen-bond acceptors (Lipinski definition) is 2. The van der Waals surface area contributed by atoms with Crippen molar-refractivity contribution in [2.45, 2.75) is 4.90 Å². The van der Waals surface area contributed by atoms with E-state index >= 15 is 0 Å². The van der Waals surface area contributed by atoms with Crippen molar-refractivity contribution < 1.29 is 21.6 Å². The number of hydrogen-bond donors (Lipinski definition) is 1. The van der Waals surface area contributed by atoms with Crippen LogP contribution in [0.5, 0.6) is 0 Å². The van der Waals surface area contributed by atoms with Crippen LogP contribution < -0.4 is 4.72 Å². The summed E-state index contributed by atoms with van der Waals surface area (Å²) in [6.45, 7) is 0. The lowest BCUT2D eigenvalue weighted by Crippen LogP contribution is -2.15. The summed E-state index contributed by atoms with van der Waals surface area (Å²) in [5.41, 5.74) is -0.0694. The Hall–Kier alpha value is -1.73. The maximum absolute atomic E-state index is 13.4. The van der Waals surface area contributed by atoms with Gasteiger partial charge in [0.15, 0.2) is 0 Å². The first-order valence-electron chi connectivity index (χ1n) is 5.22. The lowest BCUT2D eigenvalue weighted by Gasteiger charge is -2.09. The fourth-order valence-electron chi connectivity index (χ4n) is 1.45. The molecule has 106 valence electrons. The van der Waals surface area contributed by atoms with E-state index in [0.29, 0.717) is 12.1 Å². The maximum atomic E-state index is 13.4. The Labute approximate surface area is 118 Å². The topological polar surface area (TPSA) is 46.2 Å². The van der Waals surface area contributed by atoms with E-state index in [4.69, 9.17) is 11.6 Å². The van der Waals surface area contributed by atoms with Crippen LogP contribution in [-0.4, -0.2) is 8.42 Å². The molecule has 2 aromatic carbocycles. The van der Waals surface area contributed by atoms with E-state index < -0.39 is 32.4 Å². The number of nitrogens with one attached hydrogen (secondary N) is 1. The van der Waals surface area contributed by atoms with E-state index in [2.05, 4.69) is 0 Å². The first-order chi connectivity index (χ1) is 9.29. The molecule has 0 radical (unpaired) electrons. The van der Waals surface area contributed by atoms with Gasteiger partial charge in [0.05, 0.1) is 10.7 Å². The number of anilines is 1. The van der Waals surface area contributed by atoms with Crippen LogP contribution >= 0.6 is 11.6 Å². The molecule has 0 saturated carbocycles. The zero-order valence-electron chi connectivity index (χ0n) is 9.70. The van der Waals surface area contributed by atoms with Crippen molar-refractivity contribution in [3.63, 3.8) is 0 Å². The van der Waals surface area contributed by atoms with E-state index in [0.717, 1.165) is 24.3 Å². The van der Waals surface area contributed by atoms with Gasteiger partial charge in [0.1, 0.15) is 22.3 Å². The Morgan fingerprint density at radius 1 is 0.950 bits per heavy atom. The summed E-state index contributed by atoms with van der Waals surface area (Å²) < 4.78 is 65.2. The molecule has 0 atom stereocenters. The molecule has 0 bridgehead atoms. The van der Waals surface area contributed by atoms with Crippen molar-refractivity contribution in [1.29, 1.82) is 0 Å². The van der Waals surface area contributed by atoms with Gasteiger partial charge in [-0.15, -0.1) is 0 Å². The van der Waals surface area contributed by atoms with E-state index in [-0.39, 0.29) is 10.7 Å². The summed E-state index contributed by atoms with van der Waals surface area (Å²) in [5, 5.41) is -0.301. The molecule has 20 heavy (non-hydrogen) atoms. The second kappa shape index (κ2) is 5.34. The van der Waals surface area contributed by atoms with E-state index in [1.54, 1.807) is 0 Å². The molecule has 0 amide bonds. The minimum atomic E-state index is -4.34. The third kappa shape index (κ3) is 3.05. The third-order valence-electron chi connectivity index (χ3n) is 2.35. The van der Waals surface area contributed by atoms with Gasteiger partial charge in [-0.25, -0.2) is 21.6 Å². The van der Waals surface area contributed by atoms with Crippen molar-refractivity contribution in [2.75, 3.05) is 4.72 Å². The van der Waals surface area contributed by atoms with Crippen LogP contribution in [0.4, 0.5) is 18.9 Å². The summed E-state index contributed by atoms with van der Waals surface area (Å²) in [6, 6.07) is 5.11. The number of benzene rings is 2. The zero-order chi connectivity index (χ0) is 14.9. The molecule has 8 heteroatoms. The fraction of sp³-hybridized carbons (Fsp3) is 0. The van der Waals surface area contributed by atoms with Gasteiger partial charge in [-0.2, -0.15) is 0 Å². The molecule has 0 aliphatic rings. The van der Waals surface area contributed by atoms with E-state index in [1.807, 2.05) is 4.72 Å². The van der Waals surface area contributed by atoms with Crippen LogP contribution in [0.3, 0.4) is 0 Å². The first kappa shape index (κ1) is 14.7. The summed E-state index contributed by atoms with van der Waals surface area (Å²) >= 11 is 5.50. The van der Waals surface area contributed by atoms with Crippen LogP contribution in [0.15, 0.2) is 41.3 Å². The maximum Gasteiger partial charge on any atom is 0.264 e. The Morgan fingerprint density at radius 2 is 1.60 bits per heavy atom. The SMILES string of the molecule is O=S(=O)(Nc1ccc(F)c(Cl)c1)c1cc(F)ccc1F. The van der Waals surface area contributed by atoms with Gasteiger partial charge in [-0.05, 0) is 36.4 Å². The predicted octanol–water partition coefficient (Wildman–Crippen LogP) is 3.56. The van der Waals surface area contributed by atoms with Crippen LogP contribution in [0.2, 0.25) is 5.02 Å². The fourth-order valence-corrected chi connectivity index (χ4v) is 2.77. The Bertz CT molecular complexity index is 765. The van der Waals surface area contributed by atoms with Crippen LogP contribution in [-0.2, 0) is 10.0 Å². The van der Waals surface area contributed by atoms with Crippen molar-refractivity contribution in [3.8, 4) is 0 Å². The summed E-state index contributed by atoms with van der Waals surface area (Å²) in [7, 11) is -4.34. The van der Waals surface area contributed by atoms with Gasteiger partial charge >= 0.3 is 0 Å². The summed E-state index contributed by atoms with van der Waals surface area (Å²) in [4.78, 5) is -0.849. The molecule has 2 rings (SSSR count). The molecule has 0 aliphatic carbocycles. The van der Waals surface area contributed by atoms with Crippen LogP contribution in [0.25, 0.3) is 0 Å². The van der Waals surface area contributed by atoms with Crippen molar-refractivity contribution in [2.24, 2.45) is 0 Å². The van der Waals surface area contributed by atoms with Crippen molar-refractivity contribution >= 4 is 27.3 Å². The molecule has 0 spiro atoms. The monoisotopic (exact) mass is 321 g/mol. The molecule has 0 saturated heterocycles. The van der Waals surface area contributed by atoms with Gasteiger partial charge in [0.2, 0.25) is 0 Å². The Morgan fingerprint density at radius 3 is 2.25 bits per heavy atom. The largest absolute Gasteiger partial charge is 0.279 e. The van der Waals surface area contributed by atoms with Gasteiger partial charge in [-0.3, -0.25) is 4.72 Å². The minimum absolute atomic E-state index is 0.0694. The highest BCUT2D eigenvalue weighted by Gasteiger charge is 2.20. The zero-order valence-corrected chi connectivity index (χ0v) is 11.3. The number of sulfonamides is 1. The van der Waals surface area contributed by atoms with Crippen molar-refractivity contribution in [1.82, 2.24) is 0 Å². The second-order valence-electron chi connectivity index (χ2n) is 3.81. The molecule has 0 heterocycles. The van der Waals surface area contributed by atoms with Crippen molar-refractivity contribution in [3.05, 3.63) is 58.9 Å². The molecule has 0 aromatic heterocycles. The quantitative estimate of drug-likeness (QED) is 0.939. The predicted molar refractivity (Wildman–Crippen MR) is 68.6 cm³/mol. The average molecular weight is 322 g/mol. The third-order valence-corrected chi connectivity index (χ3v) is 4.04. The van der Waals surface area contributed by atoms with Gasteiger partial charge in [0.25, 0.3) is 10.0 Å². The number of halogens is 4. The molecule has 1 N–H and O–H groups in total. The number of rotatable bonds is 3. The Kier molecular flexibility index (Phi) is 3.92. The standard InChI is InChI=1S/C12H7ClF3NO2S/c13-9-6-8(2-4-10(9)15)17-20(18,19)12-5-7(14)1-3-11(12)16/h1-6,17H. The molecule has 3 nitrogen and oxygen atoms in total. The second-order valence-corrected chi connectivity index (χ2v) is 5.87. The lowest BCUT2D eigenvalue weighted by atomic mass is 10.3. The van der Waals surface area contributed by atoms with E-state index in [1.165, 1.54) is 0 Å². The highest BCUT2D eigenvalue weighted by molar-refractivity contribution is 7.92. The molecule has 0 unspecified atom stereocenters. The van der Waals surface area contributed by atoms with Gasteiger partial charge in [0, 0.05) is 0 Å². The summed E-state index contributed by atoms with van der Waals surface area (Å²) in [5.74, 6) is -2.73.